The van der Waals surface area contributed by atoms with Crippen LogP contribution in [0.3, 0.4) is 0 Å². The van der Waals surface area contributed by atoms with Crippen molar-refractivity contribution in [1.29, 1.82) is 0 Å². The minimum atomic E-state index is 0.597. The summed E-state index contributed by atoms with van der Waals surface area (Å²) < 4.78 is 0. The Morgan fingerprint density at radius 3 is 2.53 bits per heavy atom. The molecular formula is C16H25N. The largest absolute Gasteiger partial charge is 0.369 e. The van der Waals surface area contributed by atoms with Crippen LogP contribution in [0.4, 0.5) is 0 Å². The van der Waals surface area contributed by atoms with Crippen LogP contribution in [0.5, 0.6) is 0 Å². The number of hydrogen-bond acceptors (Lipinski definition) is 1. The molecule has 0 saturated heterocycles. The second kappa shape index (κ2) is 5.57. The fourth-order valence-corrected chi connectivity index (χ4v) is 2.64. The number of nitrogens with zero attached hydrogens (tertiary/aromatic N) is 1. The molecule has 0 aromatic heterocycles. The molecule has 1 nitrogen and oxygen atoms in total. The van der Waals surface area contributed by atoms with Crippen molar-refractivity contribution in [1.82, 2.24) is 4.90 Å². The molecule has 0 radical (unpaired) electrons. The van der Waals surface area contributed by atoms with Crippen LogP contribution in [0.25, 0.3) is 0 Å². The summed E-state index contributed by atoms with van der Waals surface area (Å²) in [5.74, 6) is 0.612. The minimum absolute atomic E-state index is 0.597. The second-order valence-corrected chi connectivity index (χ2v) is 5.55. The fraction of sp³-hybridized carbons (Fsp3) is 0.625. The monoisotopic (exact) mass is 231 g/mol. The average molecular weight is 231 g/mol. The third kappa shape index (κ3) is 3.24. The first-order valence-electron chi connectivity index (χ1n) is 6.99. The van der Waals surface area contributed by atoms with Gasteiger partial charge in [0, 0.05) is 17.8 Å². The summed E-state index contributed by atoms with van der Waals surface area (Å²) in [4.78, 5) is 2.60. The quantitative estimate of drug-likeness (QED) is 0.651. The molecule has 1 heterocycles. The topological polar surface area (TPSA) is 3.24 Å². The van der Waals surface area contributed by atoms with Crippen LogP contribution in [0.1, 0.15) is 46.0 Å². The first-order chi connectivity index (χ1) is 8.20. The molecule has 1 saturated carbocycles. The van der Waals surface area contributed by atoms with Crippen LogP contribution in [0.2, 0.25) is 0 Å². The Labute approximate surface area is 106 Å². The fourth-order valence-electron chi connectivity index (χ4n) is 2.64. The van der Waals surface area contributed by atoms with Gasteiger partial charge in [-0.2, -0.15) is 0 Å². The molecule has 0 aromatic rings. The first kappa shape index (κ1) is 12.5. The van der Waals surface area contributed by atoms with Crippen molar-refractivity contribution in [3.05, 3.63) is 36.6 Å². The van der Waals surface area contributed by atoms with Crippen LogP contribution in [0, 0.1) is 5.92 Å². The van der Waals surface area contributed by atoms with Crippen molar-refractivity contribution < 1.29 is 0 Å². The predicted octanol–water partition coefficient (Wildman–Crippen LogP) is 4.29. The van der Waals surface area contributed by atoms with Crippen LogP contribution < -0.4 is 0 Å². The van der Waals surface area contributed by atoms with Crippen molar-refractivity contribution in [2.75, 3.05) is 0 Å². The lowest BCUT2D eigenvalue weighted by atomic mass is 9.99. The summed E-state index contributed by atoms with van der Waals surface area (Å²) in [6.45, 7) is 9.03. The lowest BCUT2D eigenvalue weighted by Crippen LogP contribution is -2.35. The number of hydrogen-bond donors (Lipinski definition) is 0. The smallest absolute Gasteiger partial charge is 0.0296 e. The third-order valence-electron chi connectivity index (χ3n) is 3.94. The molecule has 2 unspecified atom stereocenters. The summed E-state index contributed by atoms with van der Waals surface area (Å²) in [7, 11) is 0. The molecule has 0 N–H and O–H groups in total. The maximum Gasteiger partial charge on any atom is 0.0296 e. The molecule has 1 aliphatic carbocycles. The highest BCUT2D eigenvalue weighted by atomic mass is 15.2. The predicted molar refractivity (Wildman–Crippen MR) is 74.8 cm³/mol. The van der Waals surface area contributed by atoms with E-state index in [1.165, 1.54) is 25.0 Å². The van der Waals surface area contributed by atoms with Crippen molar-refractivity contribution in [2.24, 2.45) is 5.92 Å². The van der Waals surface area contributed by atoms with E-state index in [0.29, 0.717) is 12.0 Å². The van der Waals surface area contributed by atoms with Crippen LogP contribution in [-0.4, -0.2) is 17.0 Å². The molecule has 0 spiro atoms. The van der Waals surface area contributed by atoms with Gasteiger partial charge in [0.2, 0.25) is 0 Å². The standard InChI is InChI=1S/C16H25N/c1-13-9-7-5-4-6-8-10-14(2)17(15(13)3)16-11-12-16/h4-6,8,13-14,16H,3,7,9-12H2,1-2H3/b5-4-,8-6-. The van der Waals surface area contributed by atoms with Crippen LogP contribution in [-0.2, 0) is 0 Å². The molecule has 1 heteroatoms. The molecule has 2 atom stereocenters. The Hall–Kier alpha value is -0.980. The maximum absolute atomic E-state index is 4.37. The molecule has 1 fully saturated rings. The van der Waals surface area contributed by atoms with Gasteiger partial charge in [0.25, 0.3) is 0 Å². The highest BCUT2D eigenvalue weighted by molar-refractivity contribution is 5.10. The van der Waals surface area contributed by atoms with Crippen molar-refractivity contribution in [3.8, 4) is 0 Å². The van der Waals surface area contributed by atoms with Crippen LogP contribution in [0.15, 0.2) is 36.6 Å². The van der Waals surface area contributed by atoms with E-state index in [0.717, 1.165) is 18.9 Å². The van der Waals surface area contributed by atoms with Gasteiger partial charge >= 0.3 is 0 Å². The lowest BCUT2D eigenvalue weighted by molar-refractivity contribution is 0.231. The van der Waals surface area contributed by atoms with Gasteiger partial charge in [-0.05, 0) is 44.9 Å². The first-order valence-corrected chi connectivity index (χ1v) is 6.99. The molecule has 1 aliphatic heterocycles. The van der Waals surface area contributed by atoms with E-state index in [4.69, 9.17) is 0 Å². The Bertz CT molecular complexity index is 322. The van der Waals surface area contributed by atoms with Gasteiger partial charge < -0.3 is 4.90 Å². The average Bonchev–Trinajstić information content (AvgIpc) is 3.11. The van der Waals surface area contributed by atoms with E-state index < -0.39 is 0 Å². The zero-order chi connectivity index (χ0) is 12.3. The molecule has 94 valence electrons. The lowest BCUT2D eigenvalue weighted by Gasteiger charge is -2.35. The molecule has 0 aromatic carbocycles. The molecule has 0 amide bonds. The van der Waals surface area contributed by atoms with Crippen molar-refractivity contribution in [3.63, 3.8) is 0 Å². The number of allylic oxidation sites excluding steroid dienone is 4. The summed E-state index contributed by atoms with van der Waals surface area (Å²) in [5.41, 5.74) is 1.36. The van der Waals surface area contributed by atoms with Gasteiger partial charge in [-0.1, -0.05) is 37.8 Å². The highest BCUT2D eigenvalue weighted by Gasteiger charge is 2.33. The Kier molecular flexibility index (Phi) is 4.09. The maximum atomic E-state index is 4.37. The number of rotatable bonds is 1. The van der Waals surface area contributed by atoms with Gasteiger partial charge in [0.05, 0.1) is 0 Å². The van der Waals surface area contributed by atoms with E-state index in [1.54, 1.807) is 0 Å². The zero-order valence-corrected chi connectivity index (χ0v) is 11.2. The zero-order valence-electron chi connectivity index (χ0n) is 11.2. The highest BCUT2D eigenvalue weighted by Crippen LogP contribution is 2.35. The molecule has 2 rings (SSSR count). The second-order valence-electron chi connectivity index (χ2n) is 5.55. The van der Waals surface area contributed by atoms with Gasteiger partial charge in [-0.15, -0.1) is 0 Å². The van der Waals surface area contributed by atoms with E-state index in [1.807, 2.05) is 0 Å². The molecular weight excluding hydrogens is 206 g/mol. The minimum Gasteiger partial charge on any atom is -0.369 e. The molecule has 0 bridgehead atoms. The molecule has 2 aliphatic rings. The Morgan fingerprint density at radius 2 is 1.82 bits per heavy atom. The molecule has 17 heavy (non-hydrogen) atoms. The van der Waals surface area contributed by atoms with Gasteiger partial charge in [-0.3, -0.25) is 0 Å². The summed E-state index contributed by atoms with van der Waals surface area (Å²) in [6, 6.07) is 1.38. The van der Waals surface area contributed by atoms with E-state index in [9.17, 15) is 0 Å². The van der Waals surface area contributed by atoms with Crippen molar-refractivity contribution >= 4 is 0 Å². The summed E-state index contributed by atoms with van der Waals surface area (Å²) in [5, 5.41) is 0. The summed E-state index contributed by atoms with van der Waals surface area (Å²) >= 11 is 0. The Balaban J connectivity index is 2.12. The third-order valence-corrected chi connectivity index (χ3v) is 3.94. The van der Waals surface area contributed by atoms with Crippen LogP contribution >= 0.6 is 0 Å². The van der Waals surface area contributed by atoms with E-state index >= 15 is 0 Å². The summed E-state index contributed by atoms with van der Waals surface area (Å²) in [6.07, 6.45) is 15.2. The Morgan fingerprint density at radius 1 is 1.12 bits per heavy atom. The van der Waals surface area contributed by atoms with E-state index in [2.05, 4.69) is 49.6 Å². The van der Waals surface area contributed by atoms with E-state index in [-0.39, 0.29) is 0 Å². The normalized spacial score (nSPS) is 35.2. The van der Waals surface area contributed by atoms with Gasteiger partial charge in [-0.25, -0.2) is 0 Å². The van der Waals surface area contributed by atoms with Gasteiger partial charge in [0.15, 0.2) is 0 Å². The van der Waals surface area contributed by atoms with Crippen molar-refractivity contribution in [2.45, 2.75) is 58.0 Å². The SMILES string of the molecule is C=C1C(C)CC/C=C\C=C/CC(C)N1C1CC1. The van der Waals surface area contributed by atoms with Gasteiger partial charge in [0.1, 0.15) is 0 Å².